The molecule has 0 saturated carbocycles. The summed E-state index contributed by atoms with van der Waals surface area (Å²) in [5.41, 5.74) is 2.62. The molecule has 10 nitrogen and oxygen atoms in total. The van der Waals surface area contributed by atoms with Crippen LogP contribution in [0.4, 0.5) is 5.95 Å². The number of benzene rings is 2. The van der Waals surface area contributed by atoms with Gasteiger partial charge in [0, 0.05) is 37.1 Å². The van der Waals surface area contributed by atoms with E-state index in [1.54, 1.807) is 77.7 Å². The normalized spacial score (nSPS) is 16.7. The Labute approximate surface area is 213 Å². The zero-order valence-corrected chi connectivity index (χ0v) is 20.5. The molecule has 1 atom stereocenters. The van der Waals surface area contributed by atoms with Crippen LogP contribution in [0.5, 0.6) is 5.75 Å². The molecule has 0 bridgehead atoms. The van der Waals surface area contributed by atoms with Crippen molar-refractivity contribution < 1.29 is 17.9 Å². The van der Waals surface area contributed by atoms with E-state index in [9.17, 15) is 13.5 Å². The molecule has 2 aromatic carbocycles. The number of hydrogen-bond acceptors (Lipinski definition) is 8. The summed E-state index contributed by atoms with van der Waals surface area (Å²) in [7, 11) is -3.58. The molecule has 1 aliphatic heterocycles. The van der Waals surface area contributed by atoms with Gasteiger partial charge in [0.25, 0.3) is 0 Å². The predicted octanol–water partition coefficient (Wildman–Crippen LogP) is 4.02. The summed E-state index contributed by atoms with van der Waals surface area (Å²) in [6, 6.07) is 17.0. The van der Waals surface area contributed by atoms with Crippen LogP contribution in [0.2, 0.25) is 0 Å². The number of piperidine rings is 1. The van der Waals surface area contributed by atoms with Crippen molar-refractivity contribution in [3.05, 3.63) is 79.3 Å². The van der Waals surface area contributed by atoms with Gasteiger partial charge in [-0.25, -0.2) is 18.4 Å². The first-order valence-corrected chi connectivity index (χ1v) is 13.3. The van der Waals surface area contributed by atoms with Crippen molar-refractivity contribution in [2.24, 2.45) is 0 Å². The maximum absolute atomic E-state index is 13.1. The van der Waals surface area contributed by atoms with Crippen LogP contribution in [0.3, 0.4) is 0 Å². The van der Waals surface area contributed by atoms with Crippen molar-refractivity contribution in [1.82, 2.24) is 23.7 Å². The monoisotopic (exact) mass is 516 g/mol. The van der Waals surface area contributed by atoms with Gasteiger partial charge in [0.1, 0.15) is 23.4 Å². The number of phenols is 1. The molecule has 37 heavy (non-hydrogen) atoms. The van der Waals surface area contributed by atoms with Gasteiger partial charge in [0.05, 0.1) is 10.6 Å². The number of aromatic hydroxyl groups is 1. The fraction of sp³-hybridized carbons (Fsp3) is 0.192. The van der Waals surface area contributed by atoms with Crippen molar-refractivity contribution in [2.45, 2.75) is 23.8 Å². The summed E-state index contributed by atoms with van der Waals surface area (Å²) >= 11 is 0. The number of oxazole rings is 1. The molecule has 1 saturated heterocycles. The van der Waals surface area contributed by atoms with Crippen LogP contribution in [0.1, 0.15) is 12.8 Å². The van der Waals surface area contributed by atoms with Crippen LogP contribution in [0.25, 0.3) is 28.5 Å². The number of anilines is 1. The number of hydrogen-bond donors (Lipinski definition) is 2. The highest BCUT2D eigenvalue weighted by atomic mass is 32.2. The maximum atomic E-state index is 13.1. The number of nitrogens with zero attached hydrogens (tertiary/aromatic N) is 5. The van der Waals surface area contributed by atoms with Gasteiger partial charge < -0.3 is 14.8 Å². The lowest BCUT2D eigenvalue weighted by atomic mass is 10.1. The van der Waals surface area contributed by atoms with Gasteiger partial charge >= 0.3 is 5.84 Å². The van der Waals surface area contributed by atoms with Gasteiger partial charge in [-0.2, -0.15) is 9.29 Å². The largest absolute Gasteiger partial charge is 0.508 e. The summed E-state index contributed by atoms with van der Waals surface area (Å²) in [5, 5.41) is 13.3. The highest BCUT2D eigenvalue weighted by Crippen LogP contribution is 2.34. The van der Waals surface area contributed by atoms with E-state index in [4.69, 9.17) is 9.40 Å². The Morgan fingerprint density at radius 1 is 1.05 bits per heavy atom. The van der Waals surface area contributed by atoms with E-state index < -0.39 is 10.0 Å². The Kier molecular flexibility index (Phi) is 5.85. The van der Waals surface area contributed by atoms with Crippen LogP contribution in [-0.2, 0) is 10.0 Å². The van der Waals surface area contributed by atoms with Crippen LogP contribution >= 0.6 is 0 Å². The summed E-state index contributed by atoms with van der Waals surface area (Å²) in [4.78, 5) is 14.0. The van der Waals surface area contributed by atoms with E-state index in [0.29, 0.717) is 46.9 Å². The molecule has 0 radical (unpaired) electrons. The zero-order chi connectivity index (χ0) is 25.4. The molecule has 4 heterocycles. The van der Waals surface area contributed by atoms with Crippen LogP contribution in [0, 0.1) is 0 Å². The van der Waals surface area contributed by atoms with Gasteiger partial charge in [0.15, 0.2) is 0 Å². The third kappa shape index (κ3) is 4.43. The van der Waals surface area contributed by atoms with Crippen LogP contribution in [-0.4, -0.2) is 56.3 Å². The van der Waals surface area contributed by atoms with Gasteiger partial charge in [0.2, 0.25) is 16.0 Å². The van der Waals surface area contributed by atoms with E-state index in [1.807, 2.05) is 6.07 Å². The Morgan fingerprint density at radius 3 is 2.76 bits per heavy atom. The average Bonchev–Trinajstić information content (AvgIpc) is 3.51. The molecule has 5 aromatic rings. The number of phenolic OH excluding ortho intramolecular Hbond substituents is 1. The standard InChI is InChI=1S/C26H24N6O4S/c33-20-8-4-6-18(16-20)23-24(32-14-15-36-26(32)30-23)22-11-12-27-25(29-22)28-19-7-5-13-31(17-19)37(34,35)21-9-2-1-3-10-21/h1-4,6,8-12,14-16,19,33H,5,7,13,17H2,(H,27,28,29)/t19-/m1/s1. The average molecular weight is 517 g/mol. The first kappa shape index (κ1) is 23.2. The second-order valence-corrected chi connectivity index (χ2v) is 10.8. The Balaban J connectivity index is 1.29. The maximum Gasteiger partial charge on any atom is 0.306 e. The van der Waals surface area contributed by atoms with Crippen molar-refractivity contribution >= 4 is 21.8 Å². The van der Waals surface area contributed by atoms with E-state index in [1.165, 1.54) is 4.31 Å². The summed E-state index contributed by atoms with van der Waals surface area (Å²) < 4.78 is 35.1. The third-order valence-corrected chi connectivity index (χ3v) is 8.26. The minimum atomic E-state index is -3.58. The smallest absolute Gasteiger partial charge is 0.306 e. The highest BCUT2D eigenvalue weighted by molar-refractivity contribution is 7.89. The number of sulfonamides is 1. The third-order valence-electron chi connectivity index (χ3n) is 6.38. The van der Waals surface area contributed by atoms with Gasteiger partial charge in [-0.1, -0.05) is 30.3 Å². The molecule has 2 N–H and O–H groups in total. The lowest BCUT2D eigenvalue weighted by molar-refractivity contribution is 0.326. The number of imidazole rings is 1. The van der Waals surface area contributed by atoms with E-state index >= 15 is 0 Å². The minimum absolute atomic E-state index is 0.130. The second kappa shape index (κ2) is 9.34. The molecule has 1 fully saturated rings. The summed E-state index contributed by atoms with van der Waals surface area (Å²) in [6.07, 6.45) is 6.47. The molecular formula is C26H24N6O4S. The molecule has 0 aliphatic carbocycles. The van der Waals surface area contributed by atoms with E-state index in [0.717, 1.165) is 18.4 Å². The zero-order valence-electron chi connectivity index (χ0n) is 19.7. The molecular weight excluding hydrogens is 492 g/mol. The SMILES string of the molecule is O=S(=O)(c1ccccc1)N1CCC[C@@H](Nc2nccc(-c3c(-c4cccc(O)c4)nc4occn34)n2)C1. The van der Waals surface area contributed by atoms with E-state index in [2.05, 4.69) is 15.3 Å². The quantitative estimate of drug-likeness (QED) is 0.347. The Bertz CT molecular complexity index is 1660. The predicted molar refractivity (Wildman–Crippen MR) is 137 cm³/mol. The van der Waals surface area contributed by atoms with Crippen molar-refractivity contribution in [3.63, 3.8) is 0 Å². The number of fused-ring (bicyclic) bond motifs is 1. The molecule has 188 valence electrons. The first-order chi connectivity index (χ1) is 18.0. The molecule has 1 aliphatic rings. The molecule has 0 unspecified atom stereocenters. The Morgan fingerprint density at radius 2 is 1.92 bits per heavy atom. The molecule has 11 heteroatoms. The van der Waals surface area contributed by atoms with Gasteiger partial charge in [-0.3, -0.25) is 4.40 Å². The minimum Gasteiger partial charge on any atom is -0.508 e. The number of nitrogens with one attached hydrogen (secondary N) is 1. The fourth-order valence-corrected chi connectivity index (χ4v) is 6.19. The summed E-state index contributed by atoms with van der Waals surface area (Å²) in [6.45, 7) is 0.788. The van der Waals surface area contributed by atoms with Gasteiger partial charge in [-0.15, -0.1) is 0 Å². The fourth-order valence-electron chi connectivity index (χ4n) is 4.65. The molecule has 6 rings (SSSR count). The Hall–Kier alpha value is -4.22. The van der Waals surface area contributed by atoms with Crippen molar-refractivity contribution in [1.29, 1.82) is 0 Å². The van der Waals surface area contributed by atoms with Crippen LogP contribution in [0.15, 0.2) is 88.6 Å². The lowest BCUT2D eigenvalue weighted by Gasteiger charge is -2.32. The van der Waals surface area contributed by atoms with Gasteiger partial charge in [-0.05, 0) is 43.2 Å². The molecule has 3 aromatic heterocycles. The molecule has 0 spiro atoms. The van der Waals surface area contributed by atoms with Crippen LogP contribution < -0.4 is 5.32 Å². The lowest BCUT2D eigenvalue weighted by Crippen LogP contribution is -2.45. The number of aromatic nitrogens is 4. The number of rotatable bonds is 6. The molecule has 0 amide bonds. The second-order valence-electron chi connectivity index (χ2n) is 8.84. The topological polar surface area (TPSA) is 126 Å². The highest BCUT2D eigenvalue weighted by Gasteiger charge is 2.30. The summed E-state index contributed by atoms with van der Waals surface area (Å²) in [5.74, 6) is 0.919. The van der Waals surface area contributed by atoms with Crippen molar-refractivity contribution in [3.8, 4) is 28.4 Å². The van der Waals surface area contributed by atoms with E-state index in [-0.39, 0.29) is 11.8 Å². The van der Waals surface area contributed by atoms with Crippen molar-refractivity contribution in [2.75, 3.05) is 18.4 Å². The first-order valence-electron chi connectivity index (χ1n) is 11.9.